The second-order valence-corrected chi connectivity index (χ2v) is 4.13. The van der Waals surface area contributed by atoms with Crippen molar-refractivity contribution in [1.82, 2.24) is 5.32 Å². The standard InChI is InChI=1S/C9H18N2S/c1-4-9(5-2,12-3)8-11-7-6-10/h11H,4-5,7-8H2,1-3H3. The Morgan fingerprint density at radius 1 is 1.42 bits per heavy atom. The maximum absolute atomic E-state index is 8.36. The Hall–Kier alpha value is -0.200. The van der Waals surface area contributed by atoms with Crippen LogP contribution in [-0.4, -0.2) is 24.1 Å². The third-order valence-corrected chi connectivity index (χ3v) is 3.96. The van der Waals surface area contributed by atoms with Crippen LogP contribution in [0.4, 0.5) is 0 Å². The molecule has 0 atom stereocenters. The third kappa shape index (κ3) is 3.46. The highest BCUT2D eigenvalue weighted by Crippen LogP contribution is 2.29. The normalized spacial score (nSPS) is 11.2. The Morgan fingerprint density at radius 3 is 2.33 bits per heavy atom. The Balaban J connectivity index is 3.86. The first-order valence-corrected chi connectivity index (χ1v) is 5.60. The maximum atomic E-state index is 8.36. The van der Waals surface area contributed by atoms with Gasteiger partial charge in [-0.1, -0.05) is 13.8 Å². The van der Waals surface area contributed by atoms with Crippen molar-refractivity contribution >= 4 is 11.8 Å². The molecule has 2 nitrogen and oxygen atoms in total. The summed E-state index contributed by atoms with van der Waals surface area (Å²) in [5.74, 6) is 0. The molecule has 0 amide bonds. The molecule has 0 aliphatic rings. The summed E-state index contributed by atoms with van der Waals surface area (Å²) in [4.78, 5) is 0. The average molecular weight is 186 g/mol. The van der Waals surface area contributed by atoms with Crippen LogP contribution in [0.25, 0.3) is 0 Å². The van der Waals surface area contributed by atoms with Crippen LogP contribution in [0.5, 0.6) is 0 Å². The highest BCUT2D eigenvalue weighted by atomic mass is 32.2. The third-order valence-electron chi connectivity index (χ3n) is 2.37. The summed E-state index contributed by atoms with van der Waals surface area (Å²) >= 11 is 1.90. The minimum atomic E-state index is 0.330. The zero-order valence-electron chi connectivity index (χ0n) is 8.18. The first-order valence-electron chi connectivity index (χ1n) is 4.37. The molecule has 0 unspecified atom stereocenters. The van der Waals surface area contributed by atoms with E-state index in [9.17, 15) is 0 Å². The molecule has 0 aromatic heterocycles. The van der Waals surface area contributed by atoms with Gasteiger partial charge in [-0.25, -0.2) is 0 Å². The average Bonchev–Trinajstić information content (AvgIpc) is 2.14. The van der Waals surface area contributed by atoms with Crippen molar-refractivity contribution in [3.63, 3.8) is 0 Å². The molecule has 0 aliphatic heterocycles. The lowest BCUT2D eigenvalue weighted by Crippen LogP contribution is -2.36. The predicted molar refractivity (Wildman–Crippen MR) is 55.3 cm³/mol. The van der Waals surface area contributed by atoms with E-state index >= 15 is 0 Å². The molecule has 0 bridgehead atoms. The highest BCUT2D eigenvalue weighted by Gasteiger charge is 2.23. The molecule has 0 saturated heterocycles. The van der Waals surface area contributed by atoms with Crippen molar-refractivity contribution in [3.8, 4) is 6.07 Å². The largest absolute Gasteiger partial charge is 0.303 e. The molecule has 70 valence electrons. The summed E-state index contributed by atoms with van der Waals surface area (Å²) < 4.78 is 0.330. The number of nitrogens with one attached hydrogen (secondary N) is 1. The highest BCUT2D eigenvalue weighted by molar-refractivity contribution is 8.00. The Bertz CT molecular complexity index is 139. The van der Waals surface area contributed by atoms with E-state index in [0.717, 1.165) is 19.4 Å². The lowest BCUT2D eigenvalue weighted by atomic mass is 10.0. The summed E-state index contributed by atoms with van der Waals surface area (Å²) in [6.07, 6.45) is 4.45. The molecule has 0 aromatic carbocycles. The van der Waals surface area contributed by atoms with Crippen LogP contribution in [0.15, 0.2) is 0 Å². The Kier molecular flexibility index (Phi) is 6.23. The molecule has 3 heteroatoms. The molecule has 12 heavy (non-hydrogen) atoms. The molecule has 1 N–H and O–H groups in total. The van der Waals surface area contributed by atoms with Gasteiger partial charge >= 0.3 is 0 Å². The van der Waals surface area contributed by atoms with E-state index < -0.39 is 0 Å². The molecule has 0 heterocycles. The minimum Gasteiger partial charge on any atom is -0.303 e. The van der Waals surface area contributed by atoms with E-state index in [0.29, 0.717) is 11.3 Å². The Morgan fingerprint density at radius 2 is 2.00 bits per heavy atom. The van der Waals surface area contributed by atoms with Gasteiger partial charge in [0, 0.05) is 11.3 Å². The van der Waals surface area contributed by atoms with Gasteiger partial charge < -0.3 is 5.32 Å². The van der Waals surface area contributed by atoms with Gasteiger partial charge in [-0.15, -0.1) is 0 Å². The topological polar surface area (TPSA) is 35.8 Å². The van der Waals surface area contributed by atoms with Crippen LogP contribution >= 0.6 is 11.8 Å². The molecule has 0 saturated carbocycles. The summed E-state index contributed by atoms with van der Waals surface area (Å²) in [6.45, 7) is 5.80. The summed E-state index contributed by atoms with van der Waals surface area (Å²) in [5, 5.41) is 11.5. The van der Waals surface area contributed by atoms with Crippen molar-refractivity contribution in [1.29, 1.82) is 5.26 Å². The summed E-state index contributed by atoms with van der Waals surface area (Å²) in [6, 6.07) is 2.09. The number of hydrogen-bond donors (Lipinski definition) is 1. The van der Waals surface area contributed by atoms with Crippen LogP contribution in [0, 0.1) is 11.3 Å². The molecule has 0 aromatic rings. The van der Waals surface area contributed by atoms with E-state index in [-0.39, 0.29) is 0 Å². The fraction of sp³-hybridized carbons (Fsp3) is 0.889. The van der Waals surface area contributed by atoms with E-state index in [4.69, 9.17) is 5.26 Å². The number of hydrogen-bond acceptors (Lipinski definition) is 3. The maximum Gasteiger partial charge on any atom is 0.0841 e. The first-order chi connectivity index (χ1) is 5.74. The lowest BCUT2D eigenvalue weighted by molar-refractivity contribution is 0.510. The van der Waals surface area contributed by atoms with Crippen molar-refractivity contribution in [2.45, 2.75) is 31.4 Å². The van der Waals surface area contributed by atoms with Gasteiger partial charge in [0.05, 0.1) is 12.6 Å². The second-order valence-electron chi connectivity index (χ2n) is 2.86. The van der Waals surface area contributed by atoms with Crippen molar-refractivity contribution in [2.24, 2.45) is 0 Å². The van der Waals surface area contributed by atoms with Crippen LogP contribution in [-0.2, 0) is 0 Å². The first kappa shape index (κ1) is 11.8. The molecular formula is C9H18N2S. The predicted octanol–water partition coefficient (Wildman–Crippen LogP) is 2.02. The fourth-order valence-electron chi connectivity index (χ4n) is 1.21. The van der Waals surface area contributed by atoms with Crippen LogP contribution in [0.2, 0.25) is 0 Å². The van der Waals surface area contributed by atoms with E-state index in [1.165, 1.54) is 0 Å². The van der Waals surface area contributed by atoms with E-state index in [2.05, 4.69) is 31.5 Å². The van der Waals surface area contributed by atoms with Crippen LogP contribution in [0.3, 0.4) is 0 Å². The van der Waals surface area contributed by atoms with Gasteiger partial charge in [0.15, 0.2) is 0 Å². The van der Waals surface area contributed by atoms with Gasteiger partial charge in [0.25, 0.3) is 0 Å². The SMILES string of the molecule is CCC(CC)(CNCC#N)SC. The van der Waals surface area contributed by atoms with Gasteiger partial charge in [-0.2, -0.15) is 17.0 Å². The number of thioether (sulfide) groups is 1. The van der Waals surface area contributed by atoms with Gasteiger partial charge in [0.1, 0.15) is 0 Å². The van der Waals surface area contributed by atoms with Gasteiger partial charge in [0.2, 0.25) is 0 Å². The quantitative estimate of drug-likeness (QED) is 0.509. The molecule has 0 fully saturated rings. The van der Waals surface area contributed by atoms with Crippen LogP contribution in [0.1, 0.15) is 26.7 Å². The zero-order valence-corrected chi connectivity index (χ0v) is 9.00. The van der Waals surface area contributed by atoms with Crippen molar-refractivity contribution < 1.29 is 0 Å². The van der Waals surface area contributed by atoms with E-state index in [1.54, 1.807) is 0 Å². The molecule has 0 rings (SSSR count). The molecule has 0 radical (unpaired) electrons. The number of nitrogens with zero attached hydrogens (tertiary/aromatic N) is 1. The van der Waals surface area contributed by atoms with Gasteiger partial charge in [-0.3, -0.25) is 0 Å². The minimum absolute atomic E-state index is 0.330. The number of nitriles is 1. The number of rotatable bonds is 6. The zero-order chi connectivity index (χ0) is 9.45. The van der Waals surface area contributed by atoms with Crippen molar-refractivity contribution in [3.05, 3.63) is 0 Å². The van der Waals surface area contributed by atoms with Crippen LogP contribution < -0.4 is 5.32 Å². The summed E-state index contributed by atoms with van der Waals surface area (Å²) in [7, 11) is 0. The molecular weight excluding hydrogens is 168 g/mol. The van der Waals surface area contributed by atoms with Gasteiger partial charge in [-0.05, 0) is 19.1 Å². The molecule has 0 spiro atoms. The molecule has 0 aliphatic carbocycles. The van der Waals surface area contributed by atoms with Crippen molar-refractivity contribution in [2.75, 3.05) is 19.3 Å². The second kappa shape index (κ2) is 6.33. The Labute approximate surface area is 79.7 Å². The summed E-state index contributed by atoms with van der Waals surface area (Å²) in [5.41, 5.74) is 0. The van der Waals surface area contributed by atoms with E-state index in [1.807, 2.05) is 11.8 Å². The fourth-order valence-corrected chi connectivity index (χ4v) is 2.03. The monoisotopic (exact) mass is 186 g/mol. The smallest absolute Gasteiger partial charge is 0.0841 e. The lowest BCUT2D eigenvalue weighted by Gasteiger charge is -2.29.